The summed E-state index contributed by atoms with van der Waals surface area (Å²) in [6, 6.07) is 21.5. The zero-order valence-electron chi connectivity index (χ0n) is 23.8. The van der Waals surface area contributed by atoms with Crippen molar-refractivity contribution in [3.05, 3.63) is 100 Å². The van der Waals surface area contributed by atoms with E-state index in [0.717, 1.165) is 52.9 Å². The van der Waals surface area contributed by atoms with Gasteiger partial charge in [-0.15, -0.1) is 0 Å². The van der Waals surface area contributed by atoms with Gasteiger partial charge in [-0.25, -0.2) is 8.42 Å². The van der Waals surface area contributed by atoms with Gasteiger partial charge in [0, 0.05) is 24.0 Å². The van der Waals surface area contributed by atoms with Crippen LogP contribution in [0.4, 0.5) is 5.69 Å². The third-order valence-corrected chi connectivity index (χ3v) is 8.89. The second-order valence-electron chi connectivity index (χ2n) is 10.9. The van der Waals surface area contributed by atoms with Crippen LogP contribution in [0.5, 0.6) is 0 Å². The van der Waals surface area contributed by atoms with Crippen LogP contribution in [0, 0.1) is 13.8 Å². The van der Waals surface area contributed by atoms with Crippen LogP contribution in [-0.2, 0) is 32.6 Å². The Labute approximate surface area is 248 Å². The average molecular weight is 596 g/mol. The maximum Gasteiger partial charge on any atom is 0.244 e. The molecule has 3 aromatic carbocycles. The highest BCUT2D eigenvalue weighted by molar-refractivity contribution is 7.92. The Hall–Kier alpha value is -3.36. The quantitative estimate of drug-likeness (QED) is 0.321. The number of hydrogen-bond donors (Lipinski definition) is 1. The molecule has 1 atom stereocenters. The molecule has 218 valence electrons. The number of carbonyl (C=O) groups is 2. The number of nitrogens with one attached hydrogen (secondary N) is 1. The molecule has 0 spiro atoms. The zero-order chi connectivity index (χ0) is 29.6. The van der Waals surface area contributed by atoms with Crippen molar-refractivity contribution in [3.8, 4) is 0 Å². The molecule has 0 radical (unpaired) electrons. The number of amides is 2. The predicted octanol–water partition coefficient (Wildman–Crippen LogP) is 5.42. The lowest BCUT2D eigenvalue weighted by Crippen LogP contribution is -2.54. The standard InChI is InChI=1S/C32H38ClN3O4S/c1-23-10-9-13-26(18-23)21-35(31(37)22-36(41(3,39)40)29-20-27(33)17-16-24(29)2)30(19-25-11-5-4-6-12-25)32(38)34-28-14-7-8-15-28/h4-6,9-13,16-18,20,28,30H,7-8,14-15,19,21-22H2,1-3H3,(H,34,38)/t30-/m0/s1. The van der Waals surface area contributed by atoms with E-state index in [1.54, 1.807) is 25.1 Å². The molecule has 1 aliphatic carbocycles. The second-order valence-corrected chi connectivity index (χ2v) is 13.2. The van der Waals surface area contributed by atoms with Gasteiger partial charge >= 0.3 is 0 Å². The number of benzene rings is 3. The van der Waals surface area contributed by atoms with Crippen LogP contribution in [0.1, 0.15) is 47.9 Å². The molecule has 0 unspecified atom stereocenters. The minimum Gasteiger partial charge on any atom is -0.352 e. The Bertz CT molecular complexity index is 1470. The Kier molecular flexibility index (Phi) is 10.1. The van der Waals surface area contributed by atoms with Crippen LogP contribution in [0.15, 0.2) is 72.8 Å². The molecule has 1 saturated carbocycles. The van der Waals surface area contributed by atoms with E-state index in [9.17, 15) is 18.0 Å². The molecule has 41 heavy (non-hydrogen) atoms. The molecule has 0 heterocycles. The average Bonchev–Trinajstić information content (AvgIpc) is 3.43. The molecule has 1 aliphatic rings. The van der Waals surface area contributed by atoms with Gasteiger partial charge in [-0.05, 0) is 55.5 Å². The van der Waals surface area contributed by atoms with Gasteiger partial charge in [-0.1, -0.05) is 90.7 Å². The van der Waals surface area contributed by atoms with E-state index in [2.05, 4.69) is 5.32 Å². The molecule has 0 saturated heterocycles. The number of rotatable bonds is 11. The Morgan fingerprint density at radius 3 is 2.29 bits per heavy atom. The van der Waals surface area contributed by atoms with Gasteiger partial charge in [0.05, 0.1) is 11.9 Å². The molecule has 4 rings (SSSR count). The first-order chi connectivity index (χ1) is 19.5. The van der Waals surface area contributed by atoms with Gasteiger partial charge in [0.15, 0.2) is 0 Å². The van der Waals surface area contributed by atoms with E-state index >= 15 is 0 Å². The summed E-state index contributed by atoms with van der Waals surface area (Å²) < 4.78 is 27.1. The molecule has 0 aliphatic heterocycles. The minimum absolute atomic E-state index is 0.0679. The predicted molar refractivity (Wildman–Crippen MR) is 164 cm³/mol. The molecule has 3 aromatic rings. The third-order valence-electron chi connectivity index (χ3n) is 7.53. The monoisotopic (exact) mass is 595 g/mol. The summed E-state index contributed by atoms with van der Waals surface area (Å²) in [5, 5.41) is 3.54. The molecular formula is C32H38ClN3O4S. The van der Waals surface area contributed by atoms with Crippen LogP contribution >= 0.6 is 11.6 Å². The lowest BCUT2D eigenvalue weighted by molar-refractivity contribution is -0.140. The van der Waals surface area contributed by atoms with Crippen molar-refractivity contribution in [2.75, 3.05) is 17.1 Å². The lowest BCUT2D eigenvalue weighted by atomic mass is 10.0. The molecular weight excluding hydrogens is 558 g/mol. The molecule has 1 N–H and O–H groups in total. The van der Waals surface area contributed by atoms with Gasteiger partial charge in [0.25, 0.3) is 0 Å². The van der Waals surface area contributed by atoms with Gasteiger partial charge in [0.1, 0.15) is 12.6 Å². The molecule has 9 heteroatoms. The maximum atomic E-state index is 14.2. The largest absolute Gasteiger partial charge is 0.352 e. The minimum atomic E-state index is -3.86. The number of hydrogen-bond acceptors (Lipinski definition) is 4. The van der Waals surface area contributed by atoms with Crippen LogP contribution < -0.4 is 9.62 Å². The van der Waals surface area contributed by atoms with Crippen molar-refractivity contribution in [2.24, 2.45) is 0 Å². The fraction of sp³-hybridized carbons (Fsp3) is 0.375. The van der Waals surface area contributed by atoms with Crippen molar-refractivity contribution in [1.82, 2.24) is 10.2 Å². The number of aryl methyl sites for hydroxylation is 2. The van der Waals surface area contributed by atoms with Crippen molar-refractivity contribution < 1.29 is 18.0 Å². The van der Waals surface area contributed by atoms with E-state index in [-0.39, 0.29) is 18.5 Å². The summed E-state index contributed by atoms with van der Waals surface area (Å²) in [5.41, 5.74) is 3.79. The fourth-order valence-electron chi connectivity index (χ4n) is 5.37. The highest BCUT2D eigenvalue weighted by Gasteiger charge is 2.34. The smallest absolute Gasteiger partial charge is 0.244 e. The SMILES string of the molecule is Cc1cccc(CN(C(=O)CN(c2cc(Cl)ccc2C)S(C)(=O)=O)[C@@H](Cc2ccccc2)C(=O)NC2CCCC2)c1. The number of carbonyl (C=O) groups excluding carboxylic acids is 2. The van der Waals surface area contributed by atoms with Gasteiger partial charge in [-0.3, -0.25) is 13.9 Å². The van der Waals surface area contributed by atoms with Crippen molar-refractivity contribution >= 4 is 39.1 Å². The molecule has 0 aromatic heterocycles. The summed E-state index contributed by atoms with van der Waals surface area (Å²) in [5.74, 6) is -0.703. The Balaban J connectivity index is 1.74. The molecule has 1 fully saturated rings. The van der Waals surface area contributed by atoms with Crippen LogP contribution in [0.25, 0.3) is 0 Å². The first kappa shape index (κ1) is 30.6. The number of halogens is 1. The van der Waals surface area contributed by atoms with Gasteiger partial charge < -0.3 is 10.2 Å². The zero-order valence-corrected chi connectivity index (χ0v) is 25.4. The summed E-state index contributed by atoms with van der Waals surface area (Å²) in [7, 11) is -3.86. The fourth-order valence-corrected chi connectivity index (χ4v) is 6.44. The maximum absolute atomic E-state index is 14.2. The number of nitrogens with zero attached hydrogens (tertiary/aromatic N) is 2. The highest BCUT2D eigenvalue weighted by atomic mass is 35.5. The number of anilines is 1. The first-order valence-corrected chi connectivity index (χ1v) is 16.2. The van der Waals surface area contributed by atoms with E-state index in [1.807, 2.05) is 61.5 Å². The van der Waals surface area contributed by atoms with E-state index in [0.29, 0.717) is 22.7 Å². The van der Waals surface area contributed by atoms with E-state index < -0.39 is 28.5 Å². The lowest BCUT2D eigenvalue weighted by Gasteiger charge is -2.34. The summed E-state index contributed by atoms with van der Waals surface area (Å²) in [6.45, 7) is 3.43. The molecule has 7 nitrogen and oxygen atoms in total. The topological polar surface area (TPSA) is 86.8 Å². The van der Waals surface area contributed by atoms with Crippen molar-refractivity contribution in [1.29, 1.82) is 0 Å². The normalized spacial score (nSPS) is 14.4. The third kappa shape index (κ3) is 8.33. The van der Waals surface area contributed by atoms with Crippen molar-refractivity contribution in [3.63, 3.8) is 0 Å². The highest BCUT2D eigenvalue weighted by Crippen LogP contribution is 2.27. The summed E-state index contributed by atoms with van der Waals surface area (Å²) in [4.78, 5) is 29.7. The van der Waals surface area contributed by atoms with Crippen molar-refractivity contribution in [2.45, 2.75) is 64.6 Å². The van der Waals surface area contributed by atoms with E-state index in [1.165, 1.54) is 4.90 Å². The first-order valence-electron chi connectivity index (χ1n) is 13.9. The van der Waals surface area contributed by atoms with Crippen LogP contribution in [-0.4, -0.2) is 50.0 Å². The van der Waals surface area contributed by atoms with Gasteiger partial charge in [0.2, 0.25) is 21.8 Å². The van der Waals surface area contributed by atoms with Crippen LogP contribution in [0.2, 0.25) is 5.02 Å². The van der Waals surface area contributed by atoms with E-state index in [4.69, 9.17) is 11.6 Å². The van der Waals surface area contributed by atoms with Gasteiger partial charge in [-0.2, -0.15) is 0 Å². The Morgan fingerprint density at radius 2 is 1.63 bits per heavy atom. The molecule has 2 amide bonds. The summed E-state index contributed by atoms with van der Waals surface area (Å²) >= 11 is 6.23. The summed E-state index contributed by atoms with van der Waals surface area (Å²) in [6.07, 6.45) is 5.30. The number of sulfonamides is 1. The van der Waals surface area contributed by atoms with Crippen LogP contribution in [0.3, 0.4) is 0 Å². The molecule has 0 bridgehead atoms. The second kappa shape index (κ2) is 13.5. The Morgan fingerprint density at radius 1 is 0.951 bits per heavy atom.